The summed E-state index contributed by atoms with van der Waals surface area (Å²) in [6.07, 6.45) is 20.4. The van der Waals surface area contributed by atoms with Gasteiger partial charge in [-0.2, -0.15) is 0 Å². The van der Waals surface area contributed by atoms with Gasteiger partial charge in [-0.3, -0.25) is 0 Å². The van der Waals surface area contributed by atoms with E-state index in [9.17, 15) is 0 Å². The summed E-state index contributed by atoms with van der Waals surface area (Å²) in [7, 11) is -1.73. The van der Waals surface area contributed by atoms with E-state index in [2.05, 4.69) is 46.7 Å². The third-order valence-electron chi connectivity index (χ3n) is 5.25. The zero-order chi connectivity index (χ0) is 17.8. The van der Waals surface area contributed by atoms with Gasteiger partial charge in [0.1, 0.15) is 6.10 Å². The summed E-state index contributed by atoms with van der Waals surface area (Å²) in [6, 6.07) is 0. The Hall–Kier alpha value is -0.263. The second-order valence-electron chi connectivity index (χ2n) is 8.50. The van der Waals surface area contributed by atoms with Crippen molar-refractivity contribution in [3.8, 4) is 12.3 Å². The molecule has 1 atom stereocenters. The highest BCUT2D eigenvalue weighted by molar-refractivity contribution is 6.74. The highest BCUT2D eigenvalue weighted by Gasteiger charge is 2.38. The number of rotatable bonds is 13. The Morgan fingerprint density at radius 1 is 0.870 bits per heavy atom. The molecule has 0 heterocycles. The van der Waals surface area contributed by atoms with Gasteiger partial charge < -0.3 is 4.43 Å². The predicted molar refractivity (Wildman–Crippen MR) is 107 cm³/mol. The number of hydrogen-bond acceptors (Lipinski definition) is 1. The maximum atomic E-state index is 6.34. The minimum absolute atomic E-state index is 0.0185. The van der Waals surface area contributed by atoms with Gasteiger partial charge in [-0.05, 0) is 31.0 Å². The summed E-state index contributed by atoms with van der Waals surface area (Å²) < 4.78 is 6.34. The first-order valence-corrected chi connectivity index (χ1v) is 12.8. The Bertz CT molecular complexity index is 322. The van der Waals surface area contributed by atoms with Gasteiger partial charge in [-0.15, -0.1) is 6.42 Å². The first kappa shape index (κ1) is 22.7. The van der Waals surface area contributed by atoms with Gasteiger partial charge >= 0.3 is 0 Å². The van der Waals surface area contributed by atoms with Crippen LogP contribution in [0.1, 0.15) is 98.3 Å². The summed E-state index contributed by atoms with van der Waals surface area (Å²) in [5.74, 6) is 2.87. The Morgan fingerprint density at radius 3 is 1.70 bits per heavy atom. The molecule has 0 aliphatic carbocycles. The molecular formula is C21H42OSi. The van der Waals surface area contributed by atoms with Crippen molar-refractivity contribution in [1.29, 1.82) is 0 Å². The molecule has 0 saturated carbocycles. The normalized spacial score (nSPS) is 13.8. The molecule has 0 bridgehead atoms. The Kier molecular flexibility index (Phi) is 12.0. The highest BCUT2D eigenvalue weighted by atomic mass is 28.4. The average molecular weight is 339 g/mol. The molecule has 0 radical (unpaired) electrons. The topological polar surface area (TPSA) is 9.23 Å². The molecule has 136 valence electrons. The Labute approximate surface area is 148 Å². The Morgan fingerprint density at radius 2 is 1.30 bits per heavy atom. The van der Waals surface area contributed by atoms with Crippen LogP contribution in [0.3, 0.4) is 0 Å². The smallest absolute Gasteiger partial charge is 0.193 e. The van der Waals surface area contributed by atoms with Gasteiger partial charge in [0.25, 0.3) is 0 Å². The third-order valence-corrected chi connectivity index (χ3v) is 9.73. The van der Waals surface area contributed by atoms with Crippen LogP contribution >= 0.6 is 0 Å². The van der Waals surface area contributed by atoms with E-state index in [1.54, 1.807) is 0 Å². The van der Waals surface area contributed by atoms with Crippen molar-refractivity contribution in [3.05, 3.63) is 0 Å². The van der Waals surface area contributed by atoms with Crippen molar-refractivity contribution in [2.75, 3.05) is 0 Å². The van der Waals surface area contributed by atoms with Gasteiger partial charge in [0, 0.05) is 0 Å². The molecule has 0 unspecified atom stereocenters. The van der Waals surface area contributed by atoms with Crippen LogP contribution in [0.5, 0.6) is 0 Å². The largest absolute Gasteiger partial charge is 0.403 e. The average Bonchev–Trinajstić information content (AvgIpc) is 2.46. The fourth-order valence-corrected chi connectivity index (χ4v) is 3.78. The van der Waals surface area contributed by atoms with Crippen LogP contribution < -0.4 is 0 Å². The van der Waals surface area contributed by atoms with E-state index in [1.807, 2.05) is 0 Å². The quantitative estimate of drug-likeness (QED) is 0.194. The summed E-state index contributed by atoms with van der Waals surface area (Å²) in [6.45, 7) is 13.7. The zero-order valence-corrected chi connectivity index (χ0v) is 17.8. The predicted octanol–water partition coefficient (Wildman–Crippen LogP) is 7.32. The van der Waals surface area contributed by atoms with E-state index < -0.39 is 8.32 Å². The number of unbranched alkanes of at least 4 members (excludes halogenated alkanes) is 9. The second kappa shape index (κ2) is 12.1. The van der Waals surface area contributed by atoms with Gasteiger partial charge in [-0.25, -0.2) is 0 Å². The van der Waals surface area contributed by atoms with E-state index in [0.717, 1.165) is 6.42 Å². The van der Waals surface area contributed by atoms with Crippen LogP contribution in [-0.4, -0.2) is 14.4 Å². The first-order valence-electron chi connectivity index (χ1n) is 9.88. The lowest BCUT2D eigenvalue weighted by Gasteiger charge is -2.38. The van der Waals surface area contributed by atoms with E-state index in [1.165, 1.54) is 64.2 Å². The van der Waals surface area contributed by atoms with Gasteiger partial charge in [0.2, 0.25) is 0 Å². The van der Waals surface area contributed by atoms with Crippen LogP contribution in [0.15, 0.2) is 0 Å². The third kappa shape index (κ3) is 11.0. The van der Waals surface area contributed by atoms with E-state index >= 15 is 0 Å². The van der Waals surface area contributed by atoms with Gasteiger partial charge in [0.05, 0.1) is 0 Å². The minimum Gasteiger partial charge on any atom is -0.403 e. The zero-order valence-electron chi connectivity index (χ0n) is 16.8. The monoisotopic (exact) mass is 338 g/mol. The molecular weight excluding hydrogens is 296 g/mol. The molecule has 0 aromatic heterocycles. The molecule has 1 nitrogen and oxygen atoms in total. The molecule has 0 N–H and O–H groups in total. The molecule has 0 fully saturated rings. The summed E-state index contributed by atoms with van der Waals surface area (Å²) in [4.78, 5) is 0. The molecule has 0 rings (SSSR count). The second-order valence-corrected chi connectivity index (χ2v) is 13.3. The number of terminal acetylenes is 1. The fraction of sp³-hybridized carbons (Fsp3) is 0.905. The van der Waals surface area contributed by atoms with Crippen molar-refractivity contribution >= 4 is 8.32 Å². The molecule has 23 heavy (non-hydrogen) atoms. The standard InChI is InChI=1S/C21H42OSi/c1-8-10-11-12-13-14-15-16-17-18-19-20(9-2)22-23(6,7)21(3,4)5/h2,20H,8,10-19H2,1,3-7H3/t20-/m1/s1. The van der Waals surface area contributed by atoms with E-state index in [0.29, 0.717) is 0 Å². The van der Waals surface area contributed by atoms with E-state index in [4.69, 9.17) is 10.8 Å². The lowest BCUT2D eigenvalue weighted by atomic mass is 10.0. The van der Waals surface area contributed by atoms with Crippen LogP contribution in [-0.2, 0) is 4.43 Å². The molecule has 0 amide bonds. The Balaban J connectivity index is 3.72. The molecule has 0 spiro atoms. The lowest BCUT2D eigenvalue weighted by Crippen LogP contribution is -2.43. The molecule has 0 saturated heterocycles. The van der Waals surface area contributed by atoms with Crippen LogP contribution in [0.25, 0.3) is 0 Å². The van der Waals surface area contributed by atoms with Crippen LogP contribution in [0.2, 0.25) is 18.1 Å². The van der Waals surface area contributed by atoms with Gasteiger partial charge in [0.15, 0.2) is 8.32 Å². The molecule has 0 aromatic carbocycles. The molecule has 0 aliphatic heterocycles. The maximum absolute atomic E-state index is 6.34. The van der Waals surface area contributed by atoms with Crippen molar-refractivity contribution in [3.63, 3.8) is 0 Å². The summed E-state index contributed by atoms with van der Waals surface area (Å²) >= 11 is 0. The van der Waals surface area contributed by atoms with E-state index in [-0.39, 0.29) is 11.1 Å². The molecule has 0 aliphatic rings. The van der Waals surface area contributed by atoms with Crippen LogP contribution in [0.4, 0.5) is 0 Å². The van der Waals surface area contributed by atoms with Crippen molar-refractivity contribution in [2.24, 2.45) is 0 Å². The SMILES string of the molecule is C#C[C@H](CCCCCCCCCCCC)O[Si](C)(C)C(C)(C)C. The van der Waals surface area contributed by atoms with Crippen LogP contribution in [0, 0.1) is 12.3 Å². The lowest BCUT2D eigenvalue weighted by molar-refractivity contribution is 0.219. The fourth-order valence-electron chi connectivity index (χ4n) is 2.53. The maximum Gasteiger partial charge on any atom is 0.193 e. The van der Waals surface area contributed by atoms with Gasteiger partial charge in [-0.1, -0.05) is 91.4 Å². The van der Waals surface area contributed by atoms with Crippen molar-refractivity contribution in [2.45, 2.75) is 123 Å². The first-order chi connectivity index (χ1) is 10.7. The molecule has 2 heteroatoms. The summed E-state index contributed by atoms with van der Waals surface area (Å²) in [5.41, 5.74) is 0. The number of hydrogen-bond donors (Lipinski definition) is 0. The highest BCUT2D eigenvalue weighted by Crippen LogP contribution is 2.37. The van der Waals surface area contributed by atoms with Crippen molar-refractivity contribution in [1.82, 2.24) is 0 Å². The minimum atomic E-state index is -1.73. The van der Waals surface area contributed by atoms with Crippen molar-refractivity contribution < 1.29 is 4.43 Å². The summed E-state index contributed by atoms with van der Waals surface area (Å²) in [5, 5.41) is 0.236. The molecule has 0 aromatic rings.